The van der Waals surface area contributed by atoms with E-state index in [1.165, 1.54) is 16.0 Å². The molecule has 0 unspecified atom stereocenters. The maximum atomic E-state index is 13.7. The Kier molecular flexibility index (Phi) is 8.62. The number of amides is 2. The van der Waals surface area contributed by atoms with E-state index in [-0.39, 0.29) is 42.3 Å². The number of hydrogen-bond acceptors (Lipinski definition) is 7. The zero-order valence-corrected chi connectivity index (χ0v) is 23.8. The van der Waals surface area contributed by atoms with Crippen molar-refractivity contribution in [1.29, 1.82) is 0 Å². The molecular weight excluding hydrogens is 513 g/mol. The molecule has 0 radical (unpaired) electrons. The van der Waals surface area contributed by atoms with Crippen molar-refractivity contribution in [3.05, 3.63) is 62.8 Å². The van der Waals surface area contributed by atoms with Gasteiger partial charge in [-0.2, -0.15) is 0 Å². The smallest absolute Gasteiger partial charge is 0.455 e. The fourth-order valence-corrected chi connectivity index (χ4v) is 7.39. The van der Waals surface area contributed by atoms with Gasteiger partial charge in [0.15, 0.2) is 0 Å². The Morgan fingerprint density at radius 3 is 2.69 bits per heavy atom. The summed E-state index contributed by atoms with van der Waals surface area (Å²) in [6.45, 7) is 6.61. The van der Waals surface area contributed by atoms with Gasteiger partial charge in [0.25, 0.3) is 0 Å². The predicted molar refractivity (Wildman–Crippen MR) is 151 cm³/mol. The van der Waals surface area contributed by atoms with Gasteiger partial charge in [-0.25, -0.2) is 0 Å². The van der Waals surface area contributed by atoms with Crippen molar-refractivity contribution in [2.45, 2.75) is 78.5 Å². The van der Waals surface area contributed by atoms with E-state index in [4.69, 9.17) is 9.07 Å². The van der Waals surface area contributed by atoms with E-state index < -0.39 is 13.0 Å². The minimum absolute atomic E-state index is 0.0815. The molecule has 7 nitrogen and oxygen atoms in total. The van der Waals surface area contributed by atoms with Crippen LogP contribution in [0, 0.1) is 23.7 Å². The summed E-state index contributed by atoms with van der Waals surface area (Å²) in [7, 11) is -0.971. The van der Waals surface area contributed by atoms with Crippen LogP contribution in [-0.4, -0.2) is 40.1 Å². The fraction of sp³-hybridized carbons (Fsp3) is 0.533. The molecule has 2 aliphatic heterocycles. The van der Waals surface area contributed by atoms with Gasteiger partial charge in [0.2, 0.25) is 11.8 Å². The van der Waals surface area contributed by atoms with Gasteiger partial charge in [-0.05, 0) is 79.1 Å². The van der Waals surface area contributed by atoms with E-state index in [1.54, 1.807) is 17.4 Å². The maximum absolute atomic E-state index is 13.7. The third-order valence-corrected chi connectivity index (χ3v) is 9.27. The second kappa shape index (κ2) is 12.0. The third-order valence-electron chi connectivity index (χ3n) is 8.41. The van der Waals surface area contributed by atoms with Crippen LogP contribution in [0.25, 0.3) is 6.08 Å². The highest BCUT2D eigenvalue weighted by atomic mass is 32.1. The van der Waals surface area contributed by atoms with E-state index in [0.717, 1.165) is 29.7 Å². The highest BCUT2D eigenvalue weighted by molar-refractivity contribution is 7.09. The number of likely N-dealkylation sites (tertiary alicyclic amines) is 1. The average Bonchev–Trinajstić information content (AvgIpc) is 3.64. The van der Waals surface area contributed by atoms with Crippen LogP contribution in [0.5, 0.6) is 0 Å². The van der Waals surface area contributed by atoms with Crippen molar-refractivity contribution in [2.24, 2.45) is 23.7 Å². The molecule has 9 heteroatoms. The number of nitrogens with zero attached hydrogens (tertiary/aromatic N) is 1. The van der Waals surface area contributed by atoms with E-state index >= 15 is 0 Å². The predicted octanol–water partition coefficient (Wildman–Crippen LogP) is 5.45. The Labute approximate surface area is 234 Å². The summed E-state index contributed by atoms with van der Waals surface area (Å²) in [5, 5.41) is 22.1. The van der Waals surface area contributed by atoms with Crippen molar-refractivity contribution in [2.75, 3.05) is 0 Å². The first-order chi connectivity index (χ1) is 18.8. The monoisotopic (exact) mass is 551 g/mol. The average molecular weight is 552 g/mol. The molecular formula is C30H38BNO6S. The van der Waals surface area contributed by atoms with Crippen molar-refractivity contribution < 1.29 is 28.8 Å². The number of rotatable bonds is 10. The van der Waals surface area contributed by atoms with Gasteiger partial charge >= 0.3 is 7.12 Å². The van der Waals surface area contributed by atoms with Crippen molar-refractivity contribution in [3.8, 4) is 0 Å². The van der Waals surface area contributed by atoms with E-state index in [9.17, 15) is 19.7 Å². The Morgan fingerprint density at radius 2 is 2.03 bits per heavy atom. The number of carbonyl (C=O) groups excluding carboxylic acids is 2. The minimum Gasteiger partial charge on any atom is -0.459 e. The summed E-state index contributed by atoms with van der Waals surface area (Å²) >= 11 is 1.55. The highest BCUT2D eigenvalue weighted by Crippen LogP contribution is 2.52. The number of furan rings is 1. The molecule has 208 valence electrons. The van der Waals surface area contributed by atoms with Crippen molar-refractivity contribution in [3.63, 3.8) is 0 Å². The molecule has 0 saturated carbocycles. The van der Waals surface area contributed by atoms with Gasteiger partial charge in [-0.3, -0.25) is 14.5 Å². The summed E-state index contributed by atoms with van der Waals surface area (Å²) in [6, 6.07) is 7.54. The zero-order chi connectivity index (χ0) is 27.7. The summed E-state index contributed by atoms with van der Waals surface area (Å²) in [6.07, 6.45) is 5.96. The summed E-state index contributed by atoms with van der Waals surface area (Å²) in [5.74, 6) is 0.258. The Balaban J connectivity index is 1.41. The number of thiophene rings is 1. The summed E-state index contributed by atoms with van der Waals surface area (Å²) in [5.41, 5.74) is 3.55. The van der Waals surface area contributed by atoms with Gasteiger partial charge in [0.05, 0.1) is 24.5 Å². The number of carbonyl (C=O) groups is 2. The molecule has 2 saturated heterocycles. The Morgan fingerprint density at radius 1 is 1.21 bits per heavy atom. The number of aliphatic hydroxyl groups excluding tert-OH is 1. The first-order valence-corrected chi connectivity index (χ1v) is 15.0. The molecule has 4 atom stereocenters. The molecule has 4 heterocycles. The molecule has 2 N–H and O–H groups in total. The molecule has 2 fully saturated rings. The standard InChI is InChI=1S/C30H38BNO6S/c1-4-6-19(13-20-9-10-21(17-33)37-20)8-11-26-27-23(18(2)3)14-24-28(25(27)15-31(36)38-26)30(35)32(29(24)34)16-22-7-5-12-39-22/h5,7,9-10,12-13,18,24-26,28,33,36H,4,6,8,11,14-17H2,1-3H3/b19-13+/t24-,25+,26-,28-/m1/s1. The molecule has 2 aromatic rings. The lowest BCUT2D eigenvalue weighted by Crippen LogP contribution is -2.46. The van der Waals surface area contributed by atoms with Gasteiger partial charge < -0.3 is 19.2 Å². The Hall–Kier alpha value is -2.46. The van der Waals surface area contributed by atoms with Crippen molar-refractivity contribution >= 4 is 36.3 Å². The van der Waals surface area contributed by atoms with Gasteiger partial charge in [0, 0.05) is 4.88 Å². The van der Waals surface area contributed by atoms with Crippen LogP contribution in [0.2, 0.25) is 6.32 Å². The quantitative estimate of drug-likeness (QED) is 0.232. The molecule has 0 spiro atoms. The lowest BCUT2D eigenvalue weighted by atomic mass is 9.57. The zero-order valence-electron chi connectivity index (χ0n) is 23.0. The fourth-order valence-electron chi connectivity index (χ4n) is 6.69. The lowest BCUT2D eigenvalue weighted by Gasteiger charge is -2.44. The molecule has 3 aliphatic rings. The van der Waals surface area contributed by atoms with Crippen LogP contribution in [0.3, 0.4) is 0 Å². The highest BCUT2D eigenvalue weighted by Gasteiger charge is 2.57. The first kappa shape index (κ1) is 28.1. The topological polar surface area (TPSA) is 100 Å². The molecule has 0 bridgehead atoms. The van der Waals surface area contributed by atoms with Crippen LogP contribution in [0.15, 0.2) is 50.8 Å². The molecule has 2 amide bonds. The normalized spacial score (nSPS) is 25.6. The van der Waals surface area contributed by atoms with Crippen LogP contribution < -0.4 is 0 Å². The van der Waals surface area contributed by atoms with Gasteiger partial charge in [-0.15, -0.1) is 11.3 Å². The van der Waals surface area contributed by atoms with Crippen LogP contribution in [0.4, 0.5) is 0 Å². The maximum Gasteiger partial charge on any atom is 0.455 e. The first-order valence-electron chi connectivity index (χ1n) is 14.1. The molecule has 2 aromatic heterocycles. The molecule has 0 aromatic carbocycles. The lowest BCUT2D eigenvalue weighted by molar-refractivity contribution is -0.140. The number of hydrogen-bond donors (Lipinski definition) is 2. The second-order valence-electron chi connectivity index (χ2n) is 11.3. The number of imide groups is 1. The molecule has 1 aliphatic carbocycles. The minimum atomic E-state index is -0.971. The van der Waals surface area contributed by atoms with E-state index in [2.05, 4.69) is 20.8 Å². The molecule has 39 heavy (non-hydrogen) atoms. The van der Waals surface area contributed by atoms with E-state index in [0.29, 0.717) is 37.2 Å². The van der Waals surface area contributed by atoms with Gasteiger partial charge in [0.1, 0.15) is 18.1 Å². The summed E-state index contributed by atoms with van der Waals surface area (Å²) in [4.78, 5) is 29.7. The summed E-state index contributed by atoms with van der Waals surface area (Å²) < 4.78 is 11.9. The third kappa shape index (κ3) is 5.73. The van der Waals surface area contributed by atoms with Crippen LogP contribution in [0.1, 0.15) is 69.3 Å². The number of allylic oxidation sites excluding steroid dienone is 2. The van der Waals surface area contributed by atoms with Gasteiger partial charge in [-0.1, -0.05) is 44.4 Å². The van der Waals surface area contributed by atoms with E-state index in [1.807, 2.05) is 29.7 Å². The number of fused-ring (bicyclic) bond motifs is 3. The van der Waals surface area contributed by atoms with Crippen LogP contribution in [-0.2, 0) is 27.4 Å². The SMILES string of the molecule is CCC/C(=C\c1ccc(CO)o1)CC[C@H]1OB(O)C[C@H]2C1=C(C(C)C)C[C@H]1C(=O)N(Cc3cccs3)C(=O)[C@H]12. The molecule has 5 rings (SSSR count). The second-order valence-corrected chi connectivity index (χ2v) is 12.3. The van der Waals surface area contributed by atoms with Crippen molar-refractivity contribution in [1.82, 2.24) is 4.90 Å². The largest absolute Gasteiger partial charge is 0.459 e. The Bertz CT molecular complexity index is 1250. The van der Waals surface area contributed by atoms with Crippen LogP contribution >= 0.6 is 11.3 Å². The number of aliphatic hydroxyl groups is 1.